The van der Waals surface area contributed by atoms with E-state index in [4.69, 9.17) is 4.74 Å². The van der Waals surface area contributed by atoms with E-state index in [1.54, 1.807) is 17.9 Å². The highest BCUT2D eigenvalue weighted by Gasteiger charge is 2.30. The molecule has 0 atom stereocenters. The number of fused-ring (bicyclic) bond motifs is 1. The first-order chi connectivity index (χ1) is 11.4. The van der Waals surface area contributed by atoms with Crippen molar-refractivity contribution in [3.63, 3.8) is 0 Å². The lowest BCUT2D eigenvalue weighted by atomic mass is 10.0. The average molecular weight is 348 g/mol. The van der Waals surface area contributed by atoms with Crippen molar-refractivity contribution in [2.45, 2.75) is 19.8 Å². The minimum absolute atomic E-state index is 0.0759. The molecule has 0 amide bonds. The normalized spacial score (nSPS) is 15.6. The molecule has 7 heteroatoms. The number of rotatable bonds is 4. The number of nitrogens with zero attached hydrogens (tertiary/aromatic N) is 2. The summed E-state index contributed by atoms with van der Waals surface area (Å²) < 4.78 is 29.4. The van der Waals surface area contributed by atoms with Crippen LogP contribution in [0, 0.1) is 11.3 Å². The van der Waals surface area contributed by atoms with E-state index in [1.165, 1.54) is 0 Å². The van der Waals surface area contributed by atoms with Crippen molar-refractivity contribution in [1.82, 2.24) is 4.90 Å². The Bertz CT molecular complexity index is 779. The highest BCUT2D eigenvalue weighted by Crippen LogP contribution is 2.23. The first-order valence-electron chi connectivity index (χ1n) is 7.71. The van der Waals surface area contributed by atoms with Gasteiger partial charge in [0.2, 0.25) is 0 Å². The van der Waals surface area contributed by atoms with Gasteiger partial charge in [-0.15, -0.1) is 0 Å². The summed E-state index contributed by atoms with van der Waals surface area (Å²) in [6.07, 6.45) is 2.31. The molecule has 0 radical (unpaired) electrons. The van der Waals surface area contributed by atoms with Gasteiger partial charge in [-0.25, -0.2) is 13.2 Å². The summed E-state index contributed by atoms with van der Waals surface area (Å²) in [7, 11) is -3.76. The molecule has 24 heavy (non-hydrogen) atoms. The zero-order chi connectivity index (χ0) is 17.7. The SMILES string of the molecule is CCOC(=O)/C(C#N)=C(\N1CCc2ccccc2CC1)S(C)(=O)=O. The zero-order valence-electron chi connectivity index (χ0n) is 13.8. The molecule has 0 N–H and O–H groups in total. The molecule has 1 aromatic carbocycles. The van der Waals surface area contributed by atoms with Crippen LogP contribution in [0.4, 0.5) is 0 Å². The topological polar surface area (TPSA) is 87.5 Å². The molecule has 0 saturated heterocycles. The van der Waals surface area contributed by atoms with Crippen LogP contribution in [-0.2, 0) is 32.2 Å². The average Bonchev–Trinajstić information content (AvgIpc) is 2.74. The van der Waals surface area contributed by atoms with Crippen LogP contribution in [0.25, 0.3) is 0 Å². The second kappa shape index (κ2) is 7.49. The molecule has 6 nitrogen and oxygen atoms in total. The summed E-state index contributed by atoms with van der Waals surface area (Å²) in [5, 5.41) is 9.09. The van der Waals surface area contributed by atoms with Gasteiger partial charge in [0, 0.05) is 19.3 Å². The molecule has 1 aromatic rings. The van der Waals surface area contributed by atoms with Crippen molar-refractivity contribution < 1.29 is 17.9 Å². The molecule has 0 saturated carbocycles. The van der Waals surface area contributed by atoms with Gasteiger partial charge in [-0.2, -0.15) is 5.26 Å². The first kappa shape index (κ1) is 18.0. The largest absolute Gasteiger partial charge is 0.462 e. The van der Waals surface area contributed by atoms with Crippen LogP contribution in [0.2, 0.25) is 0 Å². The molecular weight excluding hydrogens is 328 g/mol. The van der Waals surface area contributed by atoms with E-state index in [0.29, 0.717) is 25.9 Å². The Morgan fingerprint density at radius 1 is 1.25 bits per heavy atom. The quantitative estimate of drug-likeness (QED) is 0.465. The van der Waals surface area contributed by atoms with Crippen LogP contribution in [0.3, 0.4) is 0 Å². The van der Waals surface area contributed by atoms with Gasteiger partial charge < -0.3 is 9.64 Å². The minimum Gasteiger partial charge on any atom is -0.462 e. The summed E-state index contributed by atoms with van der Waals surface area (Å²) in [5.41, 5.74) is 1.86. The molecule has 0 fully saturated rings. The van der Waals surface area contributed by atoms with E-state index in [2.05, 4.69) is 0 Å². The van der Waals surface area contributed by atoms with E-state index in [0.717, 1.165) is 17.4 Å². The zero-order valence-corrected chi connectivity index (χ0v) is 14.6. The Hall–Kier alpha value is -2.33. The molecule has 0 spiro atoms. The predicted molar refractivity (Wildman–Crippen MR) is 89.5 cm³/mol. The van der Waals surface area contributed by atoms with Crippen molar-refractivity contribution in [2.24, 2.45) is 0 Å². The van der Waals surface area contributed by atoms with E-state index in [-0.39, 0.29) is 11.6 Å². The second-order valence-electron chi connectivity index (χ2n) is 5.54. The monoisotopic (exact) mass is 348 g/mol. The number of esters is 1. The third kappa shape index (κ3) is 3.95. The molecule has 128 valence electrons. The number of carbonyl (C=O) groups excluding carboxylic acids is 1. The fourth-order valence-electron chi connectivity index (χ4n) is 2.83. The highest BCUT2D eigenvalue weighted by atomic mass is 32.2. The Kier molecular flexibility index (Phi) is 5.62. The third-order valence-corrected chi connectivity index (χ3v) is 5.03. The van der Waals surface area contributed by atoms with Gasteiger partial charge in [0.25, 0.3) is 0 Å². The fraction of sp³-hybridized carbons (Fsp3) is 0.412. The van der Waals surface area contributed by atoms with Crippen LogP contribution in [-0.4, -0.2) is 45.2 Å². The molecule has 0 aromatic heterocycles. The van der Waals surface area contributed by atoms with Crippen LogP contribution in [0.5, 0.6) is 0 Å². The van der Waals surface area contributed by atoms with E-state index in [1.807, 2.05) is 24.3 Å². The molecule has 1 heterocycles. The number of carbonyl (C=O) groups is 1. The summed E-state index contributed by atoms with van der Waals surface area (Å²) in [6.45, 7) is 2.52. The van der Waals surface area contributed by atoms with Gasteiger partial charge in [0.15, 0.2) is 20.4 Å². The standard InChI is InChI=1S/C17H20N2O4S/c1-3-23-17(20)15(12-18)16(24(2,21)22)19-10-8-13-6-4-5-7-14(13)9-11-19/h4-7H,3,8-11H2,1-2H3/b16-15+. The smallest absolute Gasteiger partial charge is 0.351 e. The number of benzene rings is 1. The maximum atomic E-state index is 12.3. The van der Waals surface area contributed by atoms with E-state index >= 15 is 0 Å². The van der Waals surface area contributed by atoms with Crippen LogP contribution in [0.1, 0.15) is 18.1 Å². The van der Waals surface area contributed by atoms with Crippen molar-refractivity contribution in [1.29, 1.82) is 5.26 Å². The van der Waals surface area contributed by atoms with Crippen LogP contribution < -0.4 is 0 Å². The molecule has 0 aliphatic carbocycles. The summed E-state index contributed by atoms with van der Waals surface area (Å²) in [4.78, 5) is 13.6. The number of ether oxygens (including phenoxy) is 1. The Labute approximate surface area is 142 Å². The molecule has 0 unspecified atom stereocenters. The highest BCUT2D eigenvalue weighted by molar-refractivity contribution is 7.94. The third-order valence-electron chi connectivity index (χ3n) is 3.86. The Morgan fingerprint density at radius 2 is 1.79 bits per heavy atom. The molecule has 1 aliphatic heterocycles. The van der Waals surface area contributed by atoms with E-state index < -0.39 is 21.4 Å². The number of hydrogen-bond acceptors (Lipinski definition) is 6. The Balaban J connectivity index is 2.44. The van der Waals surface area contributed by atoms with Crippen LogP contribution >= 0.6 is 0 Å². The fourth-order valence-corrected chi connectivity index (χ4v) is 3.98. The molecule has 1 aliphatic rings. The van der Waals surface area contributed by atoms with Crippen molar-refractivity contribution in [3.05, 3.63) is 46.0 Å². The van der Waals surface area contributed by atoms with Crippen molar-refractivity contribution in [2.75, 3.05) is 26.0 Å². The molecular formula is C17H20N2O4S. The van der Waals surface area contributed by atoms with Gasteiger partial charge in [-0.1, -0.05) is 24.3 Å². The lowest BCUT2D eigenvalue weighted by molar-refractivity contribution is -0.138. The maximum Gasteiger partial charge on any atom is 0.351 e. The van der Waals surface area contributed by atoms with Gasteiger partial charge in [0.05, 0.1) is 6.61 Å². The lowest BCUT2D eigenvalue weighted by Crippen LogP contribution is -2.32. The van der Waals surface area contributed by atoms with Gasteiger partial charge in [0.1, 0.15) is 6.07 Å². The number of sulfone groups is 1. The summed E-state index contributed by atoms with van der Waals surface area (Å²) in [5.74, 6) is -0.901. The second-order valence-corrected chi connectivity index (χ2v) is 7.47. The predicted octanol–water partition coefficient (Wildman–Crippen LogP) is 1.43. The Morgan fingerprint density at radius 3 is 2.21 bits per heavy atom. The van der Waals surface area contributed by atoms with Gasteiger partial charge in [-0.3, -0.25) is 0 Å². The maximum absolute atomic E-state index is 12.3. The number of hydrogen-bond donors (Lipinski definition) is 0. The molecule has 0 bridgehead atoms. The molecule has 2 rings (SSSR count). The first-order valence-corrected chi connectivity index (χ1v) is 9.61. The van der Waals surface area contributed by atoms with Crippen molar-refractivity contribution in [3.8, 4) is 6.07 Å². The lowest BCUT2D eigenvalue weighted by Gasteiger charge is -2.25. The minimum atomic E-state index is -3.76. The van der Waals surface area contributed by atoms with Gasteiger partial charge in [-0.05, 0) is 30.9 Å². The number of nitriles is 1. The van der Waals surface area contributed by atoms with E-state index in [9.17, 15) is 18.5 Å². The summed E-state index contributed by atoms with van der Waals surface area (Å²) >= 11 is 0. The summed E-state index contributed by atoms with van der Waals surface area (Å²) in [6, 6.07) is 9.63. The van der Waals surface area contributed by atoms with Gasteiger partial charge >= 0.3 is 5.97 Å². The van der Waals surface area contributed by atoms with Crippen molar-refractivity contribution >= 4 is 15.8 Å². The van der Waals surface area contributed by atoms with Crippen LogP contribution in [0.15, 0.2) is 34.9 Å².